The second kappa shape index (κ2) is 9.75. The van der Waals surface area contributed by atoms with E-state index in [0.29, 0.717) is 11.4 Å². The summed E-state index contributed by atoms with van der Waals surface area (Å²) >= 11 is 6.10. The molecule has 0 aromatic heterocycles. The molecule has 2 unspecified atom stereocenters. The van der Waals surface area contributed by atoms with Gasteiger partial charge < -0.3 is 9.84 Å². The van der Waals surface area contributed by atoms with Crippen molar-refractivity contribution in [1.29, 1.82) is 0 Å². The number of ether oxygens (including phenoxy) is 1. The van der Waals surface area contributed by atoms with Gasteiger partial charge in [0, 0.05) is 17.5 Å². The lowest BCUT2D eigenvalue weighted by Crippen LogP contribution is -2.46. The Labute approximate surface area is 178 Å². The fraction of sp³-hybridized carbons (Fsp3) is 0.458. The van der Waals surface area contributed by atoms with E-state index in [-0.39, 0.29) is 18.4 Å². The zero-order valence-electron chi connectivity index (χ0n) is 17.2. The summed E-state index contributed by atoms with van der Waals surface area (Å²) in [7, 11) is 0. The van der Waals surface area contributed by atoms with Crippen LogP contribution in [0.25, 0.3) is 0 Å². The zero-order chi connectivity index (χ0) is 20.9. The summed E-state index contributed by atoms with van der Waals surface area (Å²) in [6.45, 7) is 3.88. The molecule has 156 valence electrons. The molecule has 0 heterocycles. The largest absolute Gasteiger partial charge is 0.486 e. The number of rotatable bonds is 8. The van der Waals surface area contributed by atoms with Gasteiger partial charge in [-0.15, -0.1) is 0 Å². The summed E-state index contributed by atoms with van der Waals surface area (Å²) in [4.78, 5) is 11.8. The lowest BCUT2D eigenvalue weighted by Gasteiger charge is -2.31. The molecule has 3 rings (SSSR count). The zero-order valence-corrected chi connectivity index (χ0v) is 18.0. The van der Waals surface area contributed by atoms with Gasteiger partial charge in [-0.1, -0.05) is 36.7 Å². The Morgan fingerprint density at radius 3 is 2.86 bits per heavy atom. The number of nitrogens with one attached hydrogen (secondary N) is 1. The molecule has 4 nitrogen and oxygen atoms in total. The molecule has 1 aliphatic carbocycles. The highest BCUT2D eigenvalue weighted by molar-refractivity contribution is 6.30. The Morgan fingerprint density at radius 1 is 1.28 bits per heavy atom. The van der Waals surface area contributed by atoms with Crippen LogP contribution in [-0.4, -0.2) is 23.5 Å². The second-order valence-corrected chi connectivity index (χ2v) is 8.46. The predicted octanol–water partition coefficient (Wildman–Crippen LogP) is 4.79. The number of aliphatic hydroxyl groups is 1. The summed E-state index contributed by atoms with van der Waals surface area (Å²) in [6.07, 6.45) is 5.21. The maximum Gasteiger partial charge on any atom is 0.170 e. The number of hydrogen-bond acceptors (Lipinski definition) is 4. The molecule has 0 bridgehead atoms. The fourth-order valence-electron chi connectivity index (χ4n) is 3.94. The van der Waals surface area contributed by atoms with E-state index in [0.717, 1.165) is 43.4 Å². The van der Waals surface area contributed by atoms with Crippen molar-refractivity contribution in [3.8, 4) is 5.75 Å². The molecular formula is C24H30ClNO3. The molecule has 0 spiro atoms. The number of hydrogen-bond donors (Lipinski definition) is 2. The Morgan fingerprint density at radius 2 is 2.10 bits per heavy atom. The van der Waals surface area contributed by atoms with Gasteiger partial charge in [-0.2, -0.15) is 0 Å². The van der Waals surface area contributed by atoms with E-state index in [1.807, 2.05) is 31.2 Å². The van der Waals surface area contributed by atoms with Crippen molar-refractivity contribution < 1.29 is 14.6 Å². The van der Waals surface area contributed by atoms with Crippen LogP contribution in [0.5, 0.6) is 5.75 Å². The first-order valence-electron chi connectivity index (χ1n) is 10.4. The Balaban J connectivity index is 1.70. The molecule has 0 saturated heterocycles. The van der Waals surface area contributed by atoms with Gasteiger partial charge in [-0.05, 0) is 80.0 Å². The van der Waals surface area contributed by atoms with E-state index in [1.54, 1.807) is 19.1 Å². The SMILES string of the molecule is CCCC(=O)COc1ccc2c(c1)CC(NC(C)(O)c1cccc(Cl)c1)CCC2. The van der Waals surface area contributed by atoms with Crippen molar-refractivity contribution >= 4 is 17.4 Å². The first-order valence-corrected chi connectivity index (χ1v) is 10.8. The van der Waals surface area contributed by atoms with Gasteiger partial charge >= 0.3 is 0 Å². The Hall–Kier alpha value is -1.88. The van der Waals surface area contributed by atoms with Gasteiger partial charge in [0.05, 0.1) is 0 Å². The van der Waals surface area contributed by atoms with Crippen molar-refractivity contribution in [1.82, 2.24) is 5.32 Å². The monoisotopic (exact) mass is 415 g/mol. The van der Waals surface area contributed by atoms with E-state index in [4.69, 9.17) is 16.3 Å². The van der Waals surface area contributed by atoms with Gasteiger partial charge in [0.2, 0.25) is 0 Å². The summed E-state index contributed by atoms with van der Waals surface area (Å²) in [5.74, 6) is 0.856. The van der Waals surface area contributed by atoms with Crippen LogP contribution in [0.1, 0.15) is 56.2 Å². The molecule has 0 fully saturated rings. The molecule has 29 heavy (non-hydrogen) atoms. The van der Waals surface area contributed by atoms with Gasteiger partial charge in [0.25, 0.3) is 0 Å². The third-order valence-electron chi connectivity index (χ3n) is 5.44. The lowest BCUT2D eigenvalue weighted by atomic mass is 9.98. The lowest BCUT2D eigenvalue weighted by molar-refractivity contribution is -0.121. The molecule has 2 aromatic rings. The Bertz CT molecular complexity index is 850. The van der Waals surface area contributed by atoms with Crippen LogP contribution >= 0.6 is 11.6 Å². The molecule has 2 aromatic carbocycles. The number of ketones is 1. The minimum atomic E-state index is -1.17. The highest BCUT2D eigenvalue weighted by Gasteiger charge is 2.28. The van der Waals surface area contributed by atoms with Gasteiger partial charge in [0.1, 0.15) is 18.1 Å². The van der Waals surface area contributed by atoms with Crippen LogP contribution in [0.15, 0.2) is 42.5 Å². The van der Waals surface area contributed by atoms with Crippen molar-refractivity contribution in [2.24, 2.45) is 0 Å². The normalized spacial score (nSPS) is 18.4. The fourth-order valence-corrected chi connectivity index (χ4v) is 4.13. The number of carbonyl (C=O) groups excluding carboxylic acids is 1. The van der Waals surface area contributed by atoms with Gasteiger partial charge in [0.15, 0.2) is 5.78 Å². The molecule has 0 saturated carbocycles. The standard InChI is InChI=1S/C24H30ClNO3/c1-3-6-22(27)16-29-23-12-11-17-7-4-10-21(13-18(17)14-23)26-24(2,28)19-8-5-9-20(25)15-19/h5,8-9,11-12,14-15,21,26,28H,3-4,6-7,10,13,16H2,1-2H3. The molecule has 0 radical (unpaired) electrons. The summed E-state index contributed by atoms with van der Waals surface area (Å²) in [6, 6.07) is 13.5. The van der Waals surface area contributed by atoms with E-state index < -0.39 is 5.72 Å². The Kier molecular flexibility index (Phi) is 7.33. The highest BCUT2D eigenvalue weighted by atomic mass is 35.5. The number of benzene rings is 2. The molecule has 2 atom stereocenters. The van der Waals surface area contributed by atoms with Crippen LogP contribution in [-0.2, 0) is 23.4 Å². The summed E-state index contributed by atoms with van der Waals surface area (Å²) in [5.41, 5.74) is 2.10. The first-order chi connectivity index (χ1) is 13.9. The van der Waals surface area contributed by atoms with Crippen LogP contribution in [0.4, 0.5) is 0 Å². The van der Waals surface area contributed by atoms with Crippen molar-refractivity contribution in [2.45, 2.75) is 64.1 Å². The molecule has 5 heteroatoms. The molecule has 0 amide bonds. The topological polar surface area (TPSA) is 58.6 Å². The average Bonchev–Trinajstić information content (AvgIpc) is 2.87. The maximum absolute atomic E-state index is 11.8. The van der Waals surface area contributed by atoms with Crippen LogP contribution in [0.3, 0.4) is 0 Å². The van der Waals surface area contributed by atoms with Crippen LogP contribution < -0.4 is 10.1 Å². The predicted molar refractivity (Wildman–Crippen MR) is 116 cm³/mol. The number of carbonyl (C=O) groups is 1. The van der Waals surface area contributed by atoms with E-state index in [2.05, 4.69) is 11.4 Å². The van der Waals surface area contributed by atoms with E-state index in [1.165, 1.54) is 11.1 Å². The number of Topliss-reactive ketones (excluding diaryl/α,β-unsaturated/α-hetero) is 1. The minimum Gasteiger partial charge on any atom is -0.486 e. The van der Waals surface area contributed by atoms with Crippen LogP contribution in [0.2, 0.25) is 5.02 Å². The van der Waals surface area contributed by atoms with Crippen molar-refractivity contribution in [3.63, 3.8) is 0 Å². The van der Waals surface area contributed by atoms with Crippen LogP contribution in [0, 0.1) is 0 Å². The molecule has 1 aliphatic rings. The van der Waals surface area contributed by atoms with Crippen molar-refractivity contribution in [2.75, 3.05) is 6.61 Å². The third-order valence-corrected chi connectivity index (χ3v) is 5.68. The van der Waals surface area contributed by atoms with E-state index >= 15 is 0 Å². The molecule has 2 N–H and O–H groups in total. The number of halogens is 1. The minimum absolute atomic E-state index is 0.123. The van der Waals surface area contributed by atoms with Crippen molar-refractivity contribution in [3.05, 3.63) is 64.2 Å². The number of aryl methyl sites for hydroxylation is 1. The summed E-state index contributed by atoms with van der Waals surface area (Å²) < 4.78 is 5.71. The smallest absolute Gasteiger partial charge is 0.170 e. The average molecular weight is 416 g/mol. The quantitative estimate of drug-likeness (QED) is 0.480. The maximum atomic E-state index is 11.8. The van der Waals surface area contributed by atoms with Gasteiger partial charge in [-0.3, -0.25) is 10.1 Å². The first kappa shape index (κ1) is 21.8. The third kappa shape index (κ3) is 6.05. The molecular weight excluding hydrogens is 386 g/mol. The summed E-state index contributed by atoms with van der Waals surface area (Å²) in [5, 5.41) is 15.0. The second-order valence-electron chi connectivity index (χ2n) is 8.03. The number of fused-ring (bicyclic) bond motifs is 1. The highest BCUT2D eigenvalue weighted by Crippen LogP contribution is 2.28. The molecule has 0 aliphatic heterocycles. The van der Waals surface area contributed by atoms with Gasteiger partial charge in [-0.25, -0.2) is 0 Å². The van der Waals surface area contributed by atoms with E-state index in [9.17, 15) is 9.90 Å².